The standard InChI is InChI=1S/C19H22N2O9/c1-4-27-18(23)29-16-11(2)20-12(3)17(30-19(24)28-9-8-22)15(16)13-6-5-7-14(10-13)21(25)26/h5-7,10,15,20,22H,4,8-9H2,1-3H3. The Morgan fingerprint density at radius 2 is 1.73 bits per heavy atom. The number of hydrogen-bond donors (Lipinski definition) is 2. The summed E-state index contributed by atoms with van der Waals surface area (Å²) in [5.41, 5.74) is 0.974. The Bertz CT molecular complexity index is 892. The van der Waals surface area contributed by atoms with Crippen molar-refractivity contribution in [2.24, 2.45) is 0 Å². The van der Waals surface area contributed by atoms with Crippen molar-refractivity contribution < 1.29 is 38.6 Å². The van der Waals surface area contributed by atoms with E-state index in [0.29, 0.717) is 17.0 Å². The number of carbonyl (C=O) groups excluding carboxylic acids is 2. The van der Waals surface area contributed by atoms with E-state index in [1.54, 1.807) is 26.8 Å². The lowest BCUT2D eigenvalue weighted by molar-refractivity contribution is -0.384. The molecule has 1 aliphatic rings. The SMILES string of the molecule is CCOC(=O)OC1=C(C)NC(C)=C(OC(=O)OCCO)C1c1cccc([N+](=O)[O-])c1. The molecule has 1 aliphatic heterocycles. The van der Waals surface area contributed by atoms with Gasteiger partial charge in [-0.3, -0.25) is 10.1 Å². The second-order valence-electron chi connectivity index (χ2n) is 6.10. The average molecular weight is 422 g/mol. The number of dihydropyridines is 1. The highest BCUT2D eigenvalue weighted by molar-refractivity contribution is 5.65. The number of nitrogens with zero attached hydrogens (tertiary/aromatic N) is 1. The van der Waals surface area contributed by atoms with E-state index in [1.807, 2.05) is 0 Å². The fourth-order valence-electron chi connectivity index (χ4n) is 2.83. The van der Waals surface area contributed by atoms with Gasteiger partial charge in [-0.15, -0.1) is 0 Å². The van der Waals surface area contributed by atoms with Gasteiger partial charge in [0, 0.05) is 12.1 Å². The molecule has 0 saturated heterocycles. The third-order valence-electron chi connectivity index (χ3n) is 4.01. The van der Waals surface area contributed by atoms with Gasteiger partial charge in [-0.25, -0.2) is 9.59 Å². The normalized spacial score (nSPS) is 15.9. The lowest BCUT2D eigenvalue weighted by Gasteiger charge is -2.30. The van der Waals surface area contributed by atoms with Crippen LogP contribution in [0.4, 0.5) is 15.3 Å². The molecule has 1 unspecified atom stereocenters. The minimum atomic E-state index is -1.09. The lowest BCUT2D eigenvalue weighted by Crippen LogP contribution is -2.29. The number of nitrogens with one attached hydrogen (secondary N) is 1. The van der Waals surface area contributed by atoms with E-state index >= 15 is 0 Å². The summed E-state index contributed by atoms with van der Waals surface area (Å²) in [4.78, 5) is 34.6. The third-order valence-corrected chi connectivity index (χ3v) is 4.01. The fourth-order valence-corrected chi connectivity index (χ4v) is 2.83. The van der Waals surface area contributed by atoms with Crippen LogP contribution in [0.2, 0.25) is 0 Å². The zero-order valence-corrected chi connectivity index (χ0v) is 16.7. The molecule has 0 bridgehead atoms. The molecule has 0 aliphatic carbocycles. The molecule has 11 heteroatoms. The van der Waals surface area contributed by atoms with Crippen LogP contribution in [0.15, 0.2) is 47.2 Å². The molecule has 1 heterocycles. The molecule has 162 valence electrons. The van der Waals surface area contributed by atoms with Crippen molar-refractivity contribution in [3.05, 3.63) is 62.9 Å². The summed E-state index contributed by atoms with van der Waals surface area (Å²) in [7, 11) is 0. The average Bonchev–Trinajstić information content (AvgIpc) is 2.70. The molecule has 0 spiro atoms. The molecule has 11 nitrogen and oxygen atoms in total. The Hall–Kier alpha value is -3.60. The van der Waals surface area contributed by atoms with Gasteiger partial charge in [0.25, 0.3) is 5.69 Å². The summed E-state index contributed by atoms with van der Waals surface area (Å²) in [6.07, 6.45) is -2.07. The summed E-state index contributed by atoms with van der Waals surface area (Å²) in [6, 6.07) is 5.62. The van der Waals surface area contributed by atoms with Crippen molar-refractivity contribution in [3.63, 3.8) is 0 Å². The van der Waals surface area contributed by atoms with Crippen molar-refractivity contribution >= 4 is 18.0 Å². The van der Waals surface area contributed by atoms with Crippen molar-refractivity contribution in [3.8, 4) is 0 Å². The van der Waals surface area contributed by atoms with Crippen LogP contribution in [-0.2, 0) is 18.9 Å². The zero-order valence-electron chi connectivity index (χ0n) is 16.7. The lowest BCUT2D eigenvalue weighted by atomic mass is 9.90. The molecular weight excluding hydrogens is 400 g/mol. The Labute approximate surface area is 172 Å². The summed E-state index contributed by atoms with van der Waals surface area (Å²) in [6.45, 7) is 4.26. The summed E-state index contributed by atoms with van der Waals surface area (Å²) >= 11 is 0. The number of allylic oxidation sites excluding steroid dienone is 2. The van der Waals surface area contributed by atoms with E-state index in [-0.39, 0.29) is 30.4 Å². The van der Waals surface area contributed by atoms with Crippen LogP contribution >= 0.6 is 0 Å². The van der Waals surface area contributed by atoms with Crippen LogP contribution < -0.4 is 5.32 Å². The highest BCUT2D eigenvalue weighted by Gasteiger charge is 2.36. The van der Waals surface area contributed by atoms with E-state index in [9.17, 15) is 19.7 Å². The Kier molecular flexibility index (Phi) is 7.76. The molecule has 1 aromatic carbocycles. The maximum Gasteiger partial charge on any atom is 0.513 e. The molecule has 1 aromatic rings. The quantitative estimate of drug-likeness (QED) is 0.382. The van der Waals surface area contributed by atoms with Gasteiger partial charge in [0.15, 0.2) is 0 Å². The largest absolute Gasteiger partial charge is 0.513 e. The number of benzene rings is 1. The predicted molar refractivity (Wildman–Crippen MR) is 102 cm³/mol. The molecule has 0 amide bonds. The molecule has 1 atom stereocenters. The molecule has 0 fully saturated rings. The van der Waals surface area contributed by atoms with E-state index in [0.717, 1.165) is 0 Å². The van der Waals surface area contributed by atoms with Crippen molar-refractivity contribution in [1.82, 2.24) is 5.32 Å². The van der Waals surface area contributed by atoms with Gasteiger partial charge in [-0.05, 0) is 26.3 Å². The first-order chi connectivity index (χ1) is 14.3. The second kappa shape index (κ2) is 10.3. The Morgan fingerprint density at radius 3 is 2.27 bits per heavy atom. The van der Waals surface area contributed by atoms with Crippen LogP contribution in [0, 0.1) is 10.1 Å². The topological polar surface area (TPSA) is 146 Å². The summed E-state index contributed by atoms with van der Waals surface area (Å²) in [5.74, 6) is -0.912. The van der Waals surface area contributed by atoms with Crippen molar-refractivity contribution in [1.29, 1.82) is 0 Å². The molecule has 30 heavy (non-hydrogen) atoms. The number of carbonyl (C=O) groups is 2. The number of nitro benzene ring substituents is 1. The van der Waals surface area contributed by atoms with Crippen LogP contribution in [-0.4, -0.2) is 42.2 Å². The number of hydrogen-bond acceptors (Lipinski definition) is 10. The number of ether oxygens (including phenoxy) is 4. The minimum Gasteiger partial charge on any atom is -0.434 e. The zero-order chi connectivity index (χ0) is 22.3. The maximum absolute atomic E-state index is 12.0. The fraction of sp³-hybridized carbons (Fsp3) is 0.368. The van der Waals surface area contributed by atoms with E-state index in [2.05, 4.69) is 5.32 Å². The first kappa shape index (κ1) is 22.7. The summed E-state index contributed by atoms with van der Waals surface area (Å²) in [5, 5.41) is 23.0. The highest BCUT2D eigenvalue weighted by Crippen LogP contribution is 2.40. The van der Waals surface area contributed by atoms with Crippen LogP contribution in [0.3, 0.4) is 0 Å². The maximum atomic E-state index is 12.0. The van der Waals surface area contributed by atoms with Crippen molar-refractivity contribution in [2.45, 2.75) is 26.7 Å². The molecule has 2 N–H and O–H groups in total. The minimum absolute atomic E-state index is 0.0170. The first-order valence-corrected chi connectivity index (χ1v) is 9.01. The van der Waals surface area contributed by atoms with Gasteiger partial charge in [0.1, 0.15) is 24.0 Å². The number of nitro groups is 1. The van der Waals surface area contributed by atoms with E-state index in [1.165, 1.54) is 18.2 Å². The number of aliphatic hydroxyl groups excluding tert-OH is 1. The van der Waals surface area contributed by atoms with Crippen molar-refractivity contribution in [2.75, 3.05) is 19.8 Å². The number of rotatable bonds is 7. The monoisotopic (exact) mass is 422 g/mol. The smallest absolute Gasteiger partial charge is 0.434 e. The predicted octanol–water partition coefficient (Wildman–Crippen LogP) is 3.06. The van der Waals surface area contributed by atoms with Crippen LogP contribution in [0.5, 0.6) is 0 Å². The van der Waals surface area contributed by atoms with E-state index < -0.39 is 29.8 Å². The molecular formula is C19H22N2O9. The first-order valence-electron chi connectivity index (χ1n) is 9.01. The van der Waals surface area contributed by atoms with Gasteiger partial charge in [-0.2, -0.15) is 0 Å². The second-order valence-corrected chi connectivity index (χ2v) is 6.10. The molecule has 2 rings (SSSR count). The molecule has 0 aromatic heterocycles. The summed E-state index contributed by atoms with van der Waals surface area (Å²) < 4.78 is 20.2. The van der Waals surface area contributed by atoms with Gasteiger partial charge < -0.3 is 29.4 Å². The van der Waals surface area contributed by atoms with Crippen LogP contribution in [0.25, 0.3) is 0 Å². The van der Waals surface area contributed by atoms with Gasteiger partial charge >= 0.3 is 12.3 Å². The number of aliphatic hydroxyl groups is 1. The van der Waals surface area contributed by atoms with Crippen LogP contribution in [0.1, 0.15) is 32.3 Å². The molecule has 0 radical (unpaired) electrons. The highest BCUT2D eigenvalue weighted by atomic mass is 16.7. The van der Waals surface area contributed by atoms with Gasteiger partial charge in [0.05, 0.1) is 29.5 Å². The Balaban J connectivity index is 2.51. The Morgan fingerprint density at radius 1 is 1.13 bits per heavy atom. The van der Waals surface area contributed by atoms with Gasteiger partial charge in [-0.1, -0.05) is 12.1 Å². The third kappa shape index (κ3) is 5.47. The molecule has 0 saturated carbocycles. The number of non-ortho nitro benzene ring substituents is 1. The van der Waals surface area contributed by atoms with Gasteiger partial charge in [0.2, 0.25) is 0 Å². The van der Waals surface area contributed by atoms with E-state index in [4.69, 9.17) is 24.1 Å².